The second-order valence-electron chi connectivity index (χ2n) is 3.91. The van der Waals surface area contributed by atoms with Crippen molar-refractivity contribution in [1.29, 1.82) is 0 Å². The fraction of sp³-hybridized carbons (Fsp3) is 0.462. The number of carboxylic acids is 1. The van der Waals surface area contributed by atoms with E-state index in [1.807, 2.05) is 18.2 Å². The first-order chi connectivity index (χ1) is 7.15. The lowest BCUT2D eigenvalue weighted by atomic mass is 9.97. The van der Waals surface area contributed by atoms with Crippen LogP contribution in [0, 0.1) is 0 Å². The Kier molecular flexibility index (Phi) is 4.35. The first-order valence-corrected chi connectivity index (χ1v) is 5.46. The highest BCUT2D eigenvalue weighted by atomic mass is 16.4. The van der Waals surface area contributed by atoms with Crippen LogP contribution in [0.5, 0.6) is 0 Å². The van der Waals surface area contributed by atoms with E-state index in [-0.39, 0.29) is 0 Å². The number of carboxylic acid groups (broad SMARTS) is 1. The Morgan fingerprint density at radius 3 is 2.80 bits per heavy atom. The number of aliphatic carboxylic acids is 1. The van der Waals surface area contributed by atoms with Crippen LogP contribution < -0.4 is 0 Å². The summed E-state index contributed by atoms with van der Waals surface area (Å²) in [5.74, 6) is -1.17. The van der Waals surface area contributed by atoms with Gasteiger partial charge in [-0.25, -0.2) is 0 Å². The van der Waals surface area contributed by atoms with Crippen LogP contribution in [0.25, 0.3) is 0 Å². The molecule has 82 valence electrons. The van der Waals surface area contributed by atoms with Crippen molar-refractivity contribution in [3.8, 4) is 0 Å². The molecule has 0 amide bonds. The van der Waals surface area contributed by atoms with E-state index < -0.39 is 11.9 Å². The van der Waals surface area contributed by atoms with Crippen LogP contribution in [0.15, 0.2) is 24.3 Å². The molecular weight excluding hydrogens is 188 g/mol. The van der Waals surface area contributed by atoms with Gasteiger partial charge in [-0.05, 0) is 30.9 Å². The van der Waals surface area contributed by atoms with Gasteiger partial charge in [0.2, 0.25) is 0 Å². The second-order valence-corrected chi connectivity index (χ2v) is 3.91. The smallest absolute Gasteiger partial charge is 0.310 e. The molecule has 0 radical (unpaired) electrons. The van der Waals surface area contributed by atoms with Crippen molar-refractivity contribution in [1.82, 2.24) is 0 Å². The predicted molar refractivity (Wildman–Crippen MR) is 61.1 cm³/mol. The molecule has 2 heteroatoms. The fourth-order valence-electron chi connectivity index (χ4n) is 1.54. The molecular formula is C13H18O2. The third-order valence-corrected chi connectivity index (χ3v) is 2.64. The number of aryl methyl sites for hydroxylation is 1. The van der Waals surface area contributed by atoms with Gasteiger partial charge < -0.3 is 5.11 Å². The Hall–Kier alpha value is -1.31. The van der Waals surface area contributed by atoms with Crippen LogP contribution in [0.1, 0.15) is 43.7 Å². The van der Waals surface area contributed by atoms with Crippen LogP contribution in [0.2, 0.25) is 0 Å². The summed E-state index contributed by atoms with van der Waals surface area (Å²) in [6, 6.07) is 7.90. The van der Waals surface area contributed by atoms with Crippen molar-refractivity contribution in [2.75, 3.05) is 0 Å². The van der Waals surface area contributed by atoms with Gasteiger partial charge >= 0.3 is 5.97 Å². The van der Waals surface area contributed by atoms with Gasteiger partial charge in [0.25, 0.3) is 0 Å². The SMILES string of the molecule is CCCCc1cccc(C(C)C(=O)O)c1. The summed E-state index contributed by atoms with van der Waals surface area (Å²) in [6.07, 6.45) is 3.36. The molecule has 1 atom stereocenters. The van der Waals surface area contributed by atoms with Crippen LogP contribution in [-0.4, -0.2) is 11.1 Å². The standard InChI is InChI=1S/C13H18O2/c1-3-4-6-11-7-5-8-12(9-11)10(2)13(14)15/h5,7-10H,3-4,6H2,1-2H3,(H,14,15). The monoisotopic (exact) mass is 206 g/mol. The van der Waals surface area contributed by atoms with Crippen molar-refractivity contribution in [3.05, 3.63) is 35.4 Å². The molecule has 0 aliphatic heterocycles. The summed E-state index contributed by atoms with van der Waals surface area (Å²) in [6.45, 7) is 3.88. The van der Waals surface area contributed by atoms with Crippen LogP contribution in [0.4, 0.5) is 0 Å². The van der Waals surface area contributed by atoms with E-state index in [1.165, 1.54) is 12.0 Å². The Morgan fingerprint density at radius 2 is 2.20 bits per heavy atom. The topological polar surface area (TPSA) is 37.3 Å². The molecule has 0 bridgehead atoms. The van der Waals surface area contributed by atoms with E-state index in [1.54, 1.807) is 6.92 Å². The van der Waals surface area contributed by atoms with Gasteiger partial charge in [0, 0.05) is 0 Å². The summed E-state index contributed by atoms with van der Waals surface area (Å²) in [7, 11) is 0. The van der Waals surface area contributed by atoms with Gasteiger partial charge in [0.05, 0.1) is 5.92 Å². The molecule has 0 fully saturated rings. The van der Waals surface area contributed by atoms with Crippen LogP contribution >= 0.6 is 0 Å². The molecule has 1 aromatic carbocycles. The Labute approximate surface area is 90.9 Å². The number of hydrogen-bond acceptors (Lipinski definition) is 1. The molecule has 1 aromatic rings. The van der Waals surface area contributed by atoms with Gasteiger partial charge in [-0.2, -0.15) is 0 Å². The zero-order valence-electron chi connectivity index (χ0n) is 9.36. The van der Waals surface area contributed by atoms with Crippen molar-refractivity contribution < 1.29 is 9.90 Å². The molecule has 0 saturated heterocycles. The first kappa shape index (κ1) is 11.8. The van der Waals surface area contributed by atoms with E-state index in [2.05, 4.69) is 13.0 Å². The molecule has 1 N–H and O–H groups in total. The Bertz CT molecular complexity index is 331. The zero-order chi connectivity index (χ0) is 11.3. The van der Waals surface area contributed by atoms with Gasteiger partial charge in [-0.3, -0.25) is 4.79 Å². The van der Waals surface area contributed by atoms with Crippen LogP contribution in [0.3, 0.4) is 0 Å². The van der Waals surface area contributed by atoms with Gasteiger partial charge in [0.15, 0.2) is 0 Å². The molecule has 0 spiro atoms. The number of unbranched alkanes of at least 4 members (excludes halogenated alkanes) is 1. The summed E-state index contributed by atoms with van der Waals surface area (Å²) in [5.41, 5.74) is 2.14. The summed E-state index contributed by atoms with van der Waals surface area (Å²) >= 11 is 0. The molecule has 1 rings (SSSR count). The van der Waals surface area contributed by atoms with Crippen molar-refractivity contribution in [2.24, 2.45) is 0 Å². The fourth-order valence-corrected chi connectivity index (χ4v) is 1.54. The third kappa shape index (κ3) is 3.39. The molecule has 0 aliphatic rings. The molecule has 0 heterocycles. The van der Waals surface area contributed by atoms with Crippen molar-refractivity contribution >= 4 is 5.97 Å². The quantitative estimate of drug-likeness (QED) is 0.803. The van der Waals surface area contributed by atoms with Gasteiger partial charge in [-0.1, -0.05) is 37.6 Å². The Morgan fingerprint density at radius 1 is 1.47 bits per heavy atom. The average molecular weight is 206 g/mol. The van der Waals surface area contributed by atoms with E-state index >= 15 is 0 Å². The second kappa shape index (κ2) is 5.54. The molecule has 15 heavy (non-hydrogen) atoms. The Balaban J connectivity index is 2.77. The number of benzene rings is 1. The molecule has 2 nitrogen and oxygen atoms in total. The summed E-state index contributed by atoms with van der Waals surface area (Å²) in [4.78, 5) is 10.8. The van der Waals surface area contributed by atoms with E-state index in [0.29, 0.717) is 0 Å². The summed E-state index contributed by atoms with van der Waals surface area (Å²) < 4.78 is 0. The highest BCUT2D eigenvalue weighted by Gasteiger charge is 2.13. The highest BCUT2D eigenvalue weighted by molar-refractivity contribution is 5.75. The lowest BCUT2D eigenvalue weighted by Crippen LogP contribution is -2.07. The maximum absolute atomic E-state index is 10.8. The molecule has 0 aliphatic carbocycles. The first-order valence-electron chi connectivity index (χ1n) is 5.46. The molecule has 1 unspecified atom stereocenters. The maximum atomic E-state index is 10.8. The van der Waals surface area contributed by atoms with E-state index in [0.717, 1.165) is 18.4 Å². The normalized spacial score (nSPS) is 12.4. The van der Waals surface area contributed by atoms with Crippen molar-refractivity contribution in [3.63, 3.8) is 0 Å². The minimum Gasteiger partial charge on any atom is -0.481 e. The zero-order valence-corrected chi connectivity index (χ0v) is 9.36. The number of hydrogen-bond donors (Lipinski definition) is 1. The van der Waals surface area contributed by atoms with Gasteiger partial charge in [0.1, 0.15) is 0 Å². The minimum atomic E-state index is -0.761. The van der Waals surface area contributed by atoms with Gasteiger partial charge in [-0.15, -0.1) is 0 Å². The third-order valence-electron chi connectivity index (χ3n) is 2.64. The predicted octanol–water partition coefficient (Wildman–Crippen LogP) is 3.22. The largest absolute Gasteiger partial charge is 0.481 e. The number of rotatable bonds is 5. The summed E-state index contributed by atoms with van der Waals surface area (Å²) in [5, 5.41) is 8.90. The highest BCUT2D eigenvalue weighted by Crippen LogP contribution is 2.17. The maximum Gasteiger partial charge on any atom is 0.310 e. The molecule has 0 aromatic heterocycles. The van der Waals surface area contributed by atoms with E-state index in [9.17, 15) is 4.79 Å². The van der Waals surface area contributed by atoms with Crippen LogP contribution in [-0.2, 0) is 11.2 Å². The van der Waals surface area contributed by atoms with E-state index in [4.69, 9.17) is 5.11 Å². The number of carbonyl (C=O) groups is 1. The lowest BCUT2D eigenvalue weighted by molar-refractivity contribution is -0.138. The minimum absolute atomic E-state index is 0.411. The lowest BCUT2D eigenvalue weighted by Gasteiger charge is -2.08. The average Bonchev–Trinajstić information content (AvgIpc) is 2.25. The molecule has 0 saturated carbocycles. The van der Waals surface area contributed by atoms with Crippen molar-refractivity contribution in [2.45, 2.75) is 39.0 Å².